The second-order valence-electron chi connectivity index (χ2n) is 4.55. The van der Waals surface area contributed by atoms with E-state index < -0.39 is 0 Å². The van der Waals surface area contributed by atoms with Gasteiger partial charge in [0, 0.05) is 18.0 Å². The van der Waals surface area contributed by atoms with Crippen molar-refractivity contribution in [3.05, 3.63) is 29.5 Å². The highest BCUT2D eigenvalue weighted by atomic mass is 16.1. The second kappa shape index (κ2) is 5.18. The van der Waals surface area contributed by atoms with Crippen LogP contribution in [0.5, 0.6) is 0 Å². The quantitative estimate of drug-likeness (QED) is 0.759. The molecule has 0 radical (unpaired) electrons. The highest BCUT2D eigenvalue weighted by Crippen LogP contribution is 2.18. The lowest BCUT2D eigenvalue weighted by molar-refractivity contribution is 0.0952. The van der Waals surface area contributed by atoms with Crippen molar-refractivity contribution < 1.29 is 4.79 Å². The van der Waals surface area contributed by atoms with E-state index in [0.29, 0.717) is 12.1 Å². The van der Waals surface area contributed by atoms with Crippen LogP contribution >= 0.6 is 0 Å². The maximum absolute atomic E-state index is 12.1. The molecule has 0 saturated carbocycles. The third-order valence-electron chi connectivity index (χ3n) is 3.00. The number of benzene rings is 1. The van der Waals surface area contributed by atoms with Crippen molar-refractivity contribution >= 4 is 16.8 Å². The summed E-state index contributed by atoms with van der Waals surface area (Å²) >= 11 is 0. The fourth-order valence-corrected chi connectivity index (χ4v) is 1.83. The van der Waals surface area contributed by atoms with E-state index in [4.69, 9.17) is 0 Å². The van der Waals surface area contributed by atoms with Gasteiger partial charge in [-0.2, -0.15) is 5.10 Å². The number of fused-ring (bicyclic) bond motifs is 1. The average molecular weight is 246 g/mol. The summed E-state index contributed by atoms with van der Waals surface area (Å²) in [6.07, 6.45) is 1.73. The maximum atomic E-state index is 12.1. The van der Waals surface area contributed by atoms with E-state index in [1.165, 1.54) is 0 Å². The summed E-state index contributed by atoms with van der Waals surface area (Å²) < 4.78 is 0. The number of aryl methyl sites for hydroxylation is 1. The van der Waals surface area contributed by atoms with Gasteiger partial charge in [-0.3, -0.25) is 9.89 Å². The molecule has 2 rings (SSSR count). The second-order valence-corrected chi connectivity index (χ2v) is 4.55. The van der Waals surface area contributed by atoms with Crippen LogP contribution in [0.4, 0.5) is 0 Å². The van der Waals surface area contributed by atoms with Gasteiger partial charge in [-0.05, 0) is 38.6 Å². The molecule has 0 unspecified atom stereocenters. The first-order chi connectivity index (χ1) is 8.61. The molecular formula is C13H18N4O. The largest absolute Gasteiger partial charge is 0.350 e. The number of aromatic nitrogens is 2. The van der Waals surface area contributed by atoms with Gasteiger partial charge in [0.15, 0.2) is 0 Å². The van der Waals surface area contributed by atoms with E-state index in [-0.39, 0.29) is 11.9 Å². The standard InChI is InChI=1S/C13H18N4O/c1-8-4-10-7-16-17-12(10)11(5-8)13(18)15-6-9(2)14-3/h4-5,7,9,14H,6H2,1-3H3,(H,15,18)(H,16,17)/t9-/m0/s1. The molecule has 0 bridgehead atoms. The zero-order chi connectivity index (χ0) is 13.1. The van der Waals surface area contributed by atoms with Crippen LogP contribution in [-0.2, 0) is 0 Å². The van der Waals surface area contributed by atoms with Gasteiger partial charge >= 0.3 is 0 Å². The van der Waals surface area contributed by atoms with Crippen LogP contribution < -0.4 is 10.6 Å². The Hall–Kier alpha value is -1.88. The molecule has 0 fully saturated rings. The van der Waals surface area contributed by atoms with Crippen molar-refractivity contribution in [3.8, 4) is 0 Å². The molecule has 1 atom stereocenters. The van der Waals surface area contributed by atoms with Crippen LogP contribution in [0, 0.1) is 6.92 Å². The SMILES string of the molecule is CN[C@@H](C)CNC(=O)c1cc(C)cc2cn[nH]c12. The number of nitrogens with zero attached hydrogens (tertiary/aromatic N) is 1. The highest BCUT2D eigenvalue weighted by molar-refractivity contribution is 6.05. The molecule has 0 saturated heterocycles. The lowest BCUT2D eigenvalue weighted by atomic mass is 10.1. The number of carbonyl (C=O) groups is 1. The van der Waals surface area contributed by atoms with Crippen LogP contribution in [0.2, 0.25) is 0 Å². The number of aromatic amines is 1. The Morgan fingerprint density at radius 1 is 1.50 bits per heavy atom. The first kappa shape index (κ1) is 12.6. The summed E-state index contributed by atoms with van der Waals surface area (Å²) in [4.78, 5) is 12.1. The maximum Gasteiger partial charge on any atom is 0.253 e. The van der Waals surface area contributed by atoms with Crippen molar-refractivity contribution in [2.24, 2.45) is 0 Å². The fraction of sp³-hybridized carbons (Fsp3) is 0.385. The number of H-pyrrole nitrogens is 1. The Labute approximate surface area is 106 Å². The molecule has 1 aromatic carbocycles. The summed E-state index contributed by atoms with van der Waals surface area (Å²) in [5.74, 6) is -0.0740. The van der Waals surface area contributed by atoms with Gasteiger partial charge in [0.1, 0.15) is 0 Å². The van der Waals surface area contributed by atoms with Gasteiger partial charge in [0.2, 0.25) is 0 Å². The topological polar surface area (TPSA) is 69.8 Å². The van der Waals surface area contributed by atoms with Gasteiger partial charge in [-0.15, -0.1) is 0 Å². The molecule has 0 aliphatic rings. The van der Waals surface area contributed by atoms with Gasteiger partial charge in [-0.1, -0.05) is 0 Å². The van der Waals surface area contributed by atoms with E-state index in [1.807, 2.05) is 33.0 Å². The summed E-state index contributed by atoms with van der Waals surface area (Å²) in [5, 5.41) is 13.8. The van der Waals surface area contributed by atoms with Crippen LogP contribution in [0.3, 0.4) is 0 Å². The number of nitrogens with one attached hydrogen (secondary N) is 3. The molecule has 96 valence electrons. The van der Waals surface area contributed by atoms with Gasteiger partial charge in [0.05, 0.1) is 17.3 Å². The minimum absolute atomic E-state index is 0.0740. The molecule has 1 amide bonds. The molecule has 1 heterocycles. The van der Waals surface area contributed by atoms with E-state index in [2.05, 4.69) is 20.8 Å². The average Bonchev–Trinajstić information content (AvgIpc) is 2.82. The van der Waals surface area contributed by atoms with Crippen molar-refractivity contribution in [1.82, 2.24) is 20.8 Å². The van der Waals surface area contributed by atoms with Gasteiger partial charge in [0.25, 0.3) is 5.91 Å². The first-order valence-electron chi connectivity index (χ1n) is 6.01. The van der Waals surface area contributed by atoms with Gasteiger partial charge in [-0.25, -0.2) is 0 Å². The molecule has 0 aliphatic heterocycles. The Balaban J connectivity index is 2.24. The zero-order valence-corrected chi connectivity index (χ0v) is 10.9. The van der Waals surface area contributed by atoms with Crippen LogP contribution in [-0.4, -0.2) is 35.7 Å². The number of likely N-dealkylation sites (N-methyl/N-ethyl adjacent to an activating group) is 1. The van der Waals surface area contributed by atoms with E-state index in [9.17, 15) is 4.79 Å². The molecular weight excluding hydrogens is 228 g/mol. The molecule has 2 aromatic rings. The fourth-order valence-electron chi connectivity index (χ4n) is 1.83. The predicted octanol–water partition coefficient (Wildman–Crippen LogP) is 1.21. The third kappa shape index (κ3) is 2.51. The molecule has 0 spiro atoms. The highest BCUT2D eigenvalue weighted by Gasteiger charge is 2.12. The predicted molar refractivity (Wildman–Crippen MR) is 71.7 cm³/mol. The Bertz CT molecular complexity index is 561. The molecule has 18 heavy (non-hydrogen) atoms. The van der Waals surface area contributed by atoms with E-state index in [1.54, 1.807) is 6.20 Å². The zero-order valence-electron chi connectivity index (χ0n) is 10.9. The molecule has 5 nitrogen and oxygen atoms in total. The number of carbonyl (C=O) groups excluding carboxylic acids is 1. The van der Waals surface area contributed by atoms with Crippen LogP contribution in [0.1, 0.15) is 22.8 Å². The molecule has 0 aliphatic carbocycles. The summed E-state index contributed by atoms with van der Waals surface area (Å²) in [6.45, 7) is 4.58. The first-order valence-corrected chi connectivity index (χ1v) is 6.01. The van der Waals surface area contributed by atoms with Gasteiger partial charge < -0.3 is 10.6 Å². The Kier molecular flexibility index (Phi) is 3.62. The molecule has 3 N–H and O–H groups in total. The summed E-state index contributed by atoms with van der Waals surface area (Å²) in [7, 11) is 1.87. The van der Waals surface area contributed by atoms with Crippen molar-refractivity contribution in [2.45, 2.75) is 19.9 Å². The van der Waals surface area contributed by atoms with Crippen molar-refractivity contribution in [2.75, 3.05) is 13.6 Å². The minimum Gasteiger partial charge on any atom is -0.350 e. The Morgan fingerprint density at radius 2 is 2.28 bits per heavy atom. The summed E-state index contributed by atoms with van der Waals surface area (Å²) in [6, 6.07) is 4.13. The number of amides is 1. The lowest BCUT2D eigenvalue weighted by Gasteiger charge is -2.12. The van der Waals surface area contributed by atoms with E-state index in [0.717, 1.165) is 16.5 Å². The number of hydrogen-bond acceptors (Lipinski definition) is 3. The molecule has 5 heteroatoms. The third-order valence-corrected chi connectivity index (χ3v) is 3.00. The monoisotopic (exact) mass is 246 g/mol. The van der Waals surface area contributed by atoms with Crippen LogP contribution in [0.25, 0.3) is 10.9 Å². The Morgan fingerprint density at radius 3 is 3.00 bits per heavy atom. The molecule has 1 aromatic heterocycles. The number of rotatable bonds is 4. The summed E-state index contributed by atoms with van der Waals surface area (Å²) in [5.41, 5.74) is 2.48. The van der Waals surface area contributed by atoms with E-state index >= 15 is 0 Å². The van der Waals surface area contributed by atoms with Crippen LogP contribution in [0.15, 0.2) is 18.3 Å². The number of hydrogen-bond donors (Lipinski definition) is 3. The normalized spacial score (nSPS) is 12.6. The lowest BCUT2D eigenvalue weighted by Crippen LogP contribution is -2.37. The minimum atomic E-state index is -0.0740. The smallest absolute Gasteiger partial charge is 0.253 e. The van der Waals surface area contributed by atoms with Crippen molar-refractivity contribution in [1.29, 1.82) is 0 Å². The van der Waals surface area contributed by atoms with Crippen molar-refractivity contribution in [3.63, 3.8) is 0 Å².